The van der Waals surface area contributed by atoms with Gasteiger partial charge in [0.2, 0.25) is 0 Å². The average Bonchev–Trinajstić information content (AvgIpc) is 3.81. The lowest BCUT2D eigenvalue weighted by Gasteiger charge is -2.38. The van der Waals surface area contributed by atoms with Crippen molar-refractivity contribution >= 4 is 17.8 Å². The summed E-state index contributed by atoms with van der Waals surface area (Å²) in [6.07, 6.45) is 3.12. The second-order valence-corrected chi connectivity index (χ2v) is 16.5. The average molecular weight is 764 g/mol. The van der Waals surface area contributed by atoms with Crippen molar-refractivity contribution in [3.8, 4) is 0 Å². The number of hydrogen-bond acceptors (Lipinski definition) is 12. The van der Waals surface area contributed by atoms with Crippen molar-refractivity contribution < 1.29 is 58.1 Å². The lowest BCUT2D eigenvalue weighted by molar-refractivity contribution is -0.254. The van der Waals surface area contributed by atoms with E-state index in [1.165, 1.54) is 0 Å². The minimum absolute atomic E-state index is 0.0277. The number of hydrogen-bond donors (Lipinski definition) is 4. The van der Waals surface area contributed by atoms with Gasteiger partial charge in [0.1, 0.15) is 24.4 Å². The van der Waals surface area contributed by atoms with E-state index in [0.717, 1.165) is 11.1 Å². The van der Waals surface area contributed by atoms with Crippen LogP contribution in [0.4, 0.5) is 4.79 Å². The van der Waals surface area contributed by atoms with Gasteiger partial charge in [0.05, 0.1) is 30.8 Å². The predicted molar refractivity (Wildman–Crippen MR) is 200 cm³/mol. The molecule has 4 rings (SSSR count). The standard InChI is InChI=1S/C41H65NO12/c1-10-31(43)40(9)38(54-40)26(6)19-25(5)37-27(7)34(45)22(2)15-16-29(50-33-20-30(51-39(42)47)35(46)28(8)49-33)14-12-11-13-23(3)36-24(4)17-18-41(48,53-36)21-32(44)52-37/h13,15-17,22,25-30,33-38,45-46,48H,10-12,14,18-21H2,1-9H3,(H2,42,47)/b16-15-,23-13-. The van der Waals surface area contributed by atoms with Crippen molar-refractivity contribution in [3.05, 3.63) is 35.5 Å². The molecule has 1 amide bonds. The van der Waals surface area contributed by atoms with Gasteiger partial charge in [0.25, 0.3) is 0 Å². The van der Waals surface area contributed by atoms with Crippen LogP contribution in [0.25, 0.3) is 0 Å². The zero-order chi connectivity index (χ0) is 40.1. The molecule has 0 saturated carbocycles. The molecule has 0 aliphatic carbocycles. The van der Waals surface area contributed by atoms with Gasteiger partial charge >= 0.3 is 12.1 Å². The highest BCUT2D eigenvalue weighted by Crippen LogP contribution is 2.45. The molecule has 0 aromatic carbocycles. The molecule has 0 radical (unpaired) electrons. The number of nitrogens with two attached hydrogens (primary N) is 1. The molecule has 15 atom stereocenters. The SMILES string of the molecule is CCC(=O)C1(C)OC1C(C)CC(C)C1OC(=O)CC2(O)CC=C(C)C(O2)/C(C)=C\CCCC(OC2CC(OC(N)=O)C(O)C(C)O2)/C=C\C(C)C(O)C1C. The van der Waals surface area contributed by atoms with Crippen LogP contribution in [-0.2, 0) is 38.0 Å². The molecule has 2 fully saturated rings. The van der Waals surface area contributed by atoms with Gasteiger partial charge < -0.3 is 49.5 Å². The molecule has 0 spiro atoms. The van der Waals surface area contributed by atoms with Crippen LogP contribution >= 0.6 is 0 Å². The first-order valence-corrected chi connectivity index (χ1v) is 19.7. The molecule has 4 aliphatic rings. The topological polar surface area (TPSA) is 197 Å². The number of aliphatic hydroxyl groups excluding tert-OH is 2. The van der Waals surface area contributed by atoms with Gasteiger partial charge in [-0.2, -0.15) is 0 Å². The first-order valence-electron chi connectivity index (χ1n) is 19.7. The molecule has 54 heavy (non-hydrogen) atoms. The number of Topliss-reactive ketones (excluding diaryl/α,β-unsaturated/α-hetero) is 1. The number of epoxide rings is 1. The summed E-state index contributed by atoms with van der Waals surface area (Å²) in [6.45, 7) is 16.9. The number of cyclic esters (lactones) is 1. The van der Waals surface area contributed by atoms with Gasteiger partial charge in [-0.1, -0.05) is 58.9 Å². The Labute approximate surface area is 320 Å². The van der Waals surface area contributed by atoms with Crippen LogP contribution in [0.2, 0.25) is 0 Å². The van der Waals surface area contributed by atoms with E-state index in [0.29, 0.717) is 32.1 Å². The normalized spacial score (nSPS) is 42.4. The molecule has 0 aromatic heterocycles. The van der Waals surface area contributed by atoms with E-state index in [9.17, 15) is 29.7 Å². The summed E-state index contributed by atoms with van der Waals surface area (Å²) in [7, 11) is 0. The summed E-state index contributed by atoms with van der Waals surface area (Å²) < 4.78 is 35.8. The highest BCUT2D eigenvalue weighted by molar-refractivity contribution is 5.89. The second-order valence-electron chi connectivity index (χ2n) is 16.5. The van der Waals surface area contributed by atoms with Gasteiger partial charge in [0.15, 0.2) is 23.5 Å². The van der Waals surface area contributed by atoms with E-state index in [1.54, 1.807) is 6.92 Å². The Kier molecular flexibility index (Phi) is 15.1. The van der Waals surface area contributed by atoms with Crippen molar-refractivity contribution in [2.75, 3.05) is 0 Å². The van der Waals surface area contributed by atoms with Gasteiger partial charge in [-0.15, -0.1) is 0 Å². The number of rotatable bonds is 9. The number of aliphatic hydroxyl groups is 3. The zero-order valence-electron chi connectivity index (χ0n) is 33.6. The number of carbonyl (C=O) groups is 3. The summed E-state index contributed by atoms with van der Waals surface area (Å²) >= 11 is 0. The highest BCUT2D eigenvalue weighted by Gasteiger charge is 2.59. The van der Waals surface area contributed by atoms with E-state index in [-0.39, 0.29) is 43.0 Å². The van der Waals surface area contributed by atoms with Crippen molar-refractivity contribution in [1.82, 2.24) is 0 Å². The minimum Gasteiger partial charge on any atom is -0.462 e. The Bertz CT molecular complexity index is 1410. The molecule has 2 bridgehead atoms. The molecule has 0 aromatic rings. The number of amides is 1. The van der Waals surface area contributed by atoms with Crippen molar-refractivity contribution in [3.63, 3.8) is 0 Å². The monoisotopic (exact) mass is 763 g/mol. The number of allylic oxidation sites excluding steroid dienone is 1. The second kappa shape index (κ2) is 18.5. The van der Waals surface area contributed by atoms with E-state index in [4.69, 9.17) is 34.2 Å². The molecule has 2 saturated heterocycles. The maximum atomic E-state index is 13.7. The molecule has 4 heterocycles. The molecule has 13 nitrogen and oxygen atoms in total. The fourth-order valence-electron chi connectivity index (χ4n) is 8.43. The van der Waals surface area contributed by atoms with Crippen LogP contribution in [0.5, 0.6) is 0 Å². The van der Waals surface area contributed by atoms with Crippen LogP contribution in [0.3, 0.4) is 0 Å². The van der Waals surface area contributed by atoms with Crippen LogP contribution in [0, 0.1) is 23.7 Å². The third-order valence-electron chi connectivity index (χ3n) is 11.8. The molecule has 13 heteroatoms. The van der Waals surface area contributed by atoms with Gasteiger partial charge in [-0.25, -0.2) is 4.79 Å². The molecular formula is C41H65NO12. The lowest BCUT2D eigenvalue weighted by Crippen LogP contribution is -2.50. The van der Waals surface area contributed by atoms with Crippen LogP contribution in [-0.4, -0.2) is 99.7 Å². The molecule has 15 unspecified atom stereocenters. The minimum atomic E-state index is -1.77. The fraction of sp³-hybridized carbons (Fsp3) is 0.780. The largest absolute Gasteiger partial charge is 0.462 e. The van der Waals surface area contributed by atoms with Crippen LogP contribution < -0.4 is 5.73 Å². The highest BCUT2D eigenvalue weighted by atomic mass is 16.7. The van der Waals surface area contributed by atoms with Gasteiger partial charge in [0, 0.05) is 31.1 Å². The Morgan fingerprint density at radius 2 is 1.72 bits per heavy atom. The number of esters is 1. The van der Waals surface area contributed by atoms with Crippen LogP contribution in [0.1, 0.15) is 114 Å². The molecule has 4 aliphatic heterocycles. The zero-order valence-corrected chi connectivity index (χ0v) is 33.6. The summed E-state index contributed by atoms with van der Waals surface area (Å²) in [5.74, 6) is -3.55. The fourth-order valence-corrected chi connectivity index (χ4v) is 8.43. The lowest BCUT2D eigenvalue weighted by atomic mass is 9.79. The Hall–Kier alpha value is -2.65. The first-order chi connectivity index (χ1) is 25.3. The predicted octanol–water partition coefficient (Wildman–Crippen LogP) is 5.18. The van der Waals surface area contributed by atoms with Crippen LogP contribution in [0.15, 0.2) is 35.5 Å². The van der Waals surface area contributed by atoms with Crippen molar-refractivity contribution in [2.24, 2.45) is 29.4 Å². The van der Waals surface area contributed by atoms with E-state index in [1.807, 2.05) is 73.6 Å². The Morgan fingerprint density at radius 3 is 2.39 bits per heavy atom. The molecular weight excluding hydrogens is 698 g/mol. The summed E-state index contributed by atoms with van der Waals surface area (Å²) in [4.78, 5) is 37.8. The van der Waals surface area contributed by atoms with Gasteiger partial charge in [-0.05, 0) is 76.4 Å². The van der Waals surface area contributed by atoms with E-state index in [2.05, 4.69) is 6.08 Å². The quantitative estimate of drug-likeness (QED) is 0.137. The summed E-state index contributed by atoms with van der Waals surface area (Å²) in [6, 6.07) is 0. The van der Waals surface area contributed by atoms with Gasteiger partial charge in [-0.3, -0.25) is 9.59 Å². The maximum absolute atomic E-state index is 13.7. The maximum Gasteiger partial charge on any atom is 0.404 e. The Balaban J connectivity index is 1.60. The van der Waals surface area contributed by atoms with E-state index >= 15 is 0 Å². The number of ether oxygens (including phenoxy) is 6. The van der Waals surface area contributed by atoms with E-state index < -0.39 is 84.3 Å². The first kappa shape index (κ1) is 44.1. The number of ketones is 1. The third-order valence-corrected chi connectivity index (χ3v) is 11.8. The van der Waals surface area contributed by atoms with Crippen molar-refractivity contribution in [1.29, 1.82) is 0 Å². The molecule has 5 N–H and O–H groups in total. The summed E-state index contributed by atoms with van der Waals surface area (Å²) in [5, 5.41) is 33.9. The summed E-state index contributed by atoms with van der Waals surface area (Å²) in [5.41, 5.74) is 6.26. The molecule has 306 valence electrons. The number of primary amides is 1. The van der Waals surface area contributed by atoms with Crippen molar-refractivity contribution in [2.45, 2.75) is 180 Å². The number of carbonyl (C=O) groups excluding carboxylic acids is 3. The number of fused-ring (bicyclic) bond motifs is 2. The third kappa shape index (κ3) is 11.0. The Morgan fingerprint density at radius 1 is 1.04 bits per heavy atom. The smallest absolute Gasteiger partial charge is 0.404 e.